The predicted octanol–water partition coefficient (Wildman–Crippen LogP) is 2.95. The van der Waals surface area contributed by atoms with Crippen LogP contribution in [-0.2, 0) is 0 Å². The van der Waals surface area contributed by atoms with E-state index in [0.717, 1.165) is 68.2 Å². The van der Waals surface area contributed by atoms with Crippen molar-refractivity contribution in [2.45, 2.75) is 0 Å². The number of pyridine rings is 1. The van der Waals surface area contributed by atoms with Crippen LogP contribution in [0.5, 0.6) is 0 Å². The van der Waals surface area contributed by atoms with Gasteiger partial charge in [-0.15, -0.1) is 24.8 Å². The van der Waals surface area contributed by atoms with E-state index in [0.29, 0.717) is 11.6 Å². The molecule has 0 atom stereocenters. The Morgan fingerprint density at radius 2 is 1.83 bits per heavy atom. The second kappa shape index (κ2) is 10.7. The number of hydrogen-bond donors (Lipinski definition) is 1. The molecule has 1 N–H and O–H groups in total. The third kappa shape index (κ3) is 5.21. The average Bonchev–Trinajstić information content (AvgIpc) is 3.06. The number of piperazine rings is 1. The van der Waals surface area contributed by atoms with Crippen molar-refractivity contribution in [3.05, 3.63) is 29.3 Å². The molecule has 0 aliphatic carbocycles. The number of benzene rings is 1. The molecule has 2 aliphatic rings. The Kier molecular flexibility index (Phi) is 8.82. The summed E-state index contributed by atoms with van der Waals surface area (Å²) in [6.07, 6.45) is 0. The zero-order valence-electron chi connectivity index (χ0n) is 17.3. The first-order valence-corrected chi connectivity index (χ1v) is 10.2. The number of nitrogens with one attached hydrogen (secondary N) is 1. The molecule has 7 nitrogen and oxygen atoms in total. The summed E-state index contributed by atoms with van der Waals surface area (Å²) in [6, 6.07) is 8.02. The van der Waals surface area contributed by atoms with Gasteiger partial charge in [0.25, 0.3) is 0 Å². The zero-order valence-corrected chi connectivity index (χ0v) is 19.7. The summed E-state index contributed by atoms with van der Waals surface area (Å²) in [5.41, 5.74) is 1.80. The van der Waals surface area contributed by atoms with Crippen LogP contribution in [0.4, 0.5) is 16.3 Å². The molecule has 10 heteroatoms. The van der Waals surface area contributed by atoms with E-state index in [9.17, 15) is 4.79 Å². The molecule has 3 heterocycles. The zero-order chi connectivity index (χ0) is 19.7. The van der Waals surface area contributed by atoms with E-state index in [1.165, 1.54) is 0 Å². The Morgan fingerprint density at radius 3 is 2.53 bits per heavy atom. The van der Waals surface area contributed by atoms with Crippen LogP contribution in [-0.4, -0.2) is 87.3 Å². The molecule has 2 aliphatic heterocycles. The summed E-state index contributed by atoms with van der Waals surface area (Å²) >= 11 is 6.55. The maximum atomic E-state index is 12.8. The van der Waals surface area contributed by atoms with Crippen LogP contribution in [0.2, 0.25) is 5.02 Å². The summed E-state index contributed by atoms with van der Waals surface area (Å²) in [6.45, 7) is 6.77. The van der Waals surface area contributed by atoms with Gasteiger partial charge in [-0.2, -0.15) is 0 Å². The van der Waals surface area contributed by atoms with Gasteiger partial charge in [0.1, 0.15) is 5.82 Å². The third-order valence-electron chi connectivity index (χ3n) is 5.37. The second-order valence-corrected chi connectivity index (χ2v) is 8.04. The molecule has 2 saturated heterocycles. The van der Waals surface area contributed by atoms with Gasteiger partial charge in [-0.1, -0.05) is 11.6 Å². The van der Waals surface area contributed by atoms with Gasteiger partial charge in [-0.25, -0.2) is 9.78 Å². The predicted molar refractivity (Wildman–Crippen MR) is 129 cm³/mol. The molecule has 166 valence electrons. The summed E-state index contributed by atoms with van der Waals surface area (Å²) < 4.78 is 0. The number of carbonyl (C=O) groups is 1. The van der Waals surface area contributed by atoms with Gasteiger partial charge >= 0.3 is 6.03 Å². The van der Waals surface area contributed by atoms with Crippen molar-refractivity contribution in [3.63, 3.8) is 0 Å². The first kappa shape index (κ1) is 24.8. The molecule has 1 aromatic heterocycles. The average molecular weight is 476 g/mol. The number of likely N-dealkylation sites (N-methyl/N-ethyl adjacent to an activating group) is 1. The third-order valence-corrected chi connectivity index (χ3v) is 5.65. The highest BCUT2D eigenvalue weighted by Crippen LogP contribution is 2.31. The standard InChI is InChI=1S/C20H27ClN6O.2ClH/c1-24(2)9-10-26-11-12-27(20(26)28)16-3-4-18-15(13-16)14-17(21)19(23-18)25-7-5-22-6-8-25;;/h3-4,13-14,22H,5-12H2,1-2H3;2*1H. The van der Waals surface area contributed by atoms with E-state index in [2.05, 4.69) is 15.1 Å². The van der Waals surface area contributed by atoms with Gasteiger partial charge in [-0.05, 0) is 38.4 Å². The quantitative estimate of drug-likeness (QED) is 0.720. The van der Waals surface area contributed by atoms with Crippen molar-refractivity contribution in [1.29, 1.82) is 0 Å². The second-order valence-electron chi connectivity index (χ2n) is 7.63. The number of carbonyl (C=O) groups excluding carboxylic acids is 1. The van der Waals surface area contributed by atoms with Crippen molar-refractivity contribution in [2.75, 3.05) is 76.3 Å². The van der Waals surface area contributed by atoms with E-state index in [4.69, 9.17) is 16.6 Å². The lowest BCUT2D eigenvalue weighted by molar-refractivity contribution is 0.215. The van der Waals surface area contributed by atoms with E-state index < -0.39 is 0 Å². The van der Waals surface area contributed by atoms with Gasteiger partial charge in [0.15, 0.2) is 0 Å². The number of rotatable bonds is 5. The number of aromatic nitrogens is 1. The number of fused-ring (bicyclic) bond motifs is 1. The molecule has 0 bridgehead atoms. The fraction of sp³-hybridized carbons (Fsp3) is 0.500. The maximum absolute atomic E-state index is 12.8. The Morgan fingerprint density at radius 1 is 1.10 bits per heavy atom. The van der Waals surface area contributed by atoms with Crippen molar-refractivity contribution < 1.29 is 4.79 Å². The van der Waals surface area contributed by atoms with Gasteiger partial charge in [0, 0.05) is 63.4 Å². The molecule has 2 fully saturated rings. The molecular weight excluding hydrogens is 447 g/mol. The molecule has 30 heavy (non-hydrogen) atoms. The Labute approximate surface area is 195 Å². The molecule has 0 saturated carbocycles. The lowest BCUT2D eigenvalue weighted by atomic mass is 10.2. The largest absolute Gasteiger partial charge is 0.353 e. The number of nitrogens with zero attached hydrogens (tertiary/aromatic N) is 5. The highest BCUT2D eigenvalue weighted by atomic mass is 35.5. The Balaban J connectivity index is 0.00000160. The minimum atomic E-state index is 0. The van der Waals surface area contributed by atoms with Crippen LogP contribution in [0, 0.1) is 0 Å². The van der Waals surface area contributed by atoms with Gasteiger partial charge < -0.3 is 20.0 Å². The first-order valence-electron chi connectivity index (χ1n) is 9.80. The van der Waals surface area contributed by atoms with Crippen LogP contribution in [0.25, 0.3) is 10.9 Å². The maximum Gasteiger partial charge on any atom is 0.324 e. The fourth-order valence-corrected chi connectivity index (χ4v) is 4.02. The Bertz CT molecular complexity index is 875. The van der Waals surface area contributed by atoms with E-state index >= 15 is 0 Å². The first-order chi connectivity index (χ1) is 13.5. The monoisotopic (exact) mass is 474 g/mol. The summed E-state index contributed by atoms with van der Waals surface area (Å²) in [4.78, 5) is 25.6. The number of halogens is 3. The summed E-state index contributed by atoms with van der Waals surface area (Å²) in [5, 5.41) is 4.96. The summed E-state index contributed by atoms with van der Waals surface area (Å²) in [7, 11) is 4.04. The molecule has 0 unspecified atom stereocenters. The van der Waals surface area contributed by atoms with Crippen molar-refractivity contribution in [1.82, 2.24) is 20.1 Å². The molecule has 4 rings (SSSR count). The van der Waals surface area contributed by atoms with Crippen molar-refractivity contribution >= 4 is 64.9 Å². The number of urea groups is 1. The molecule has 2 aromatic rings. The number of anilines is 2. The topological polar surface area (TPSA) is 55.0 Å². The number of amides is 2. The highest BCUT2D eigenvalue weighted by Gasteiger charge is 2.29. The number of hydrogen-bond acceptors (Lipinski definition) is 5. The van der Waals surface area contributed by atoms with Crippen LogP contribution in [0.3, 0.4) is 0 Å². The van der Waals surface area contributed by atoms with Gasteiger partial charge in [0.05, 0.1) is 10.5 Å². The normalized spacial score (nSPS) is 16.8. The fourth-order valence-electron chi connectivity index (χ4n) is 3.74. The van der Waals surface area contributed by atoms with E-state index in [1.807, 2.05) is 48.2 Å². The van der Waals surface area contributed by atoms with Crippen molar-refractivity contribution in [2.24, 2.45) is 0 Å². The SMILES string of the molecule is CN(C)CCN1CCN(c2ccc3nc(N4CCNCC4)c(Cl)cc3c2)C1=O.Cl.Cl. The molecule has 0 spiro atoms. The van der Waals surface area contributed by atoms with Crippen LogP contribution in [0.15, 0.2) is 24.3 Å². The lowest BCUT2D eigenvalue weighted by Gasteiger charge is -2.29. The Hall–Kier alpha value is -1.51. The molecule has 0 radical (unpaired) electrons. The highest BCUT2D eigenvalue weighted by molar-refractivity contribution is 6.33. The molecule has 1 aromatic carbocycles. The lowest BCUT2D eigenvalue weighted by Crippen LogP contribution is -2.44. The van der Waals surface area contributed by atoms with Gasteiger partial charge in [0.2, 0.25) is 0 Å². The molecule has 2 amide bonds. The smallest absolute Gasteiger partial charge is 0.324 e. The van der Waals surface area contributed by atoms with E-state index in [1.54, 1.807) is 0 Å². The minimum absolute atomic E-state index is 0. The molecular formula is C20H29Cl3N6O. The summed E-state index contributed by atoms with van der Waals surface area (Å²) in [5.74, 6) is 0.843. The van der Waals surface area contributed by atoms with Crippen LogP contribution in [0.1, 0.15) is 0 Å². The van der Waals surface area contributed by atoms with Crippen molar-refractivity contribution in [3.8, 4) is 0 Å². The van der Waals surface area contributed by atoms with Gasteiger partial charge in [-0.3, -0.25) is 4.90 Å². The van der Waals surface area contributed by atoms with Crippen LogP contribution >= 0.6 is 36.4 Å². The van der Waals surface area contributed by atoms with Crippen LogP contribution < -0.4 is 15.1 Å². The van der Waals surface area contributed by atoms with E-state index in [-0.39, 0.29) is 30.8 Å². The minimum Gasteiger partial charge on any atom is -0.353 e.